The minimum atomic E-state index is -0.436. The number of carbonyl (C=O) groups is 1. The van der Waals surface area contributed by atoms with E-state index < -0.39 is 5.82 Å². The van der Waals surface area contributed by atoms with Crippen molar-refractivity contribution >= 4 is 27.9 Å². The standard InChI is InChI=1S/C18H12FN3OS/c19-14-5-1-4-13(9-14)17(23)20-15-6-2-3-12(10-15)16-11-22-7-8-24-18(22)21-16/h1-11H,(H,20,23). The summed E-state index contributed by atoms with van der Waals surface area (Å²) in [5.74, 6) is -0.785. The van der Waals surface area contributed by atoms with Crippen LogP contribution < -0.4 is 5.32 Å². The number of hydrogen-bond donors (Lipinski definition) is 1. The van der Waals surface area contributed by atoms with Gasteiger partial charge >= 0.3 is 0 Å². The molecule has 4 nitrogen and oxygen atoms in total. The molecule has 0 bridgehead atoms. The molecule has 0 saturated heterocycles. The molecule has 4 rings (SSSR count). The molecule has 1 amide bonds. The van der Waals surface area contributed by atoms with Gasteiger partial charge in [-0.05, 0) is 30.3 Å². The Morgan fingerprint density at radius 3 is 2.88 bits per heavy atom. The van der Waals surface area contributed by atoms with Crippen LogP contribution in [0, 0.1) is 5.82 Å². The van der Waals surface area contributed by atoms with E-state index in [1.807, 2.05) is 40.4 Å². The molecule has 118 valence electrons. The molecule has 4 aromatic rings. The monoisotopic (exact) mass is 337 g/mol. The number of nitrogens with zero attached hydrogens (tertiary/aromatic N) is 2. The van der Waals surface area contributed by atoms with Gasteiger partial charge in [-0.15, -0.1) is 11.3 Å². The van der Waals surface area contributed by atoms with Crippen LogP contribution >= 0.6 is 11.3 Å². The quantitative estimate of drug-likeness (QED) is 0.600. The molecule has 1 N–H and O–H groups in total. The first-order valence-corrected chi connectivity index (χ1v) is 8.16. The number of thiazole rings is 1. The summed E-state index contributed by atoms with van der Waals surface area (Å²) in [4.78, 5) is 17.7. The summed E-state index contributed by atoms with van der Waals surface area (Å²) < 4.78 is 15.2. The number of fused-ring (bicyclic) bond motifs is 1. The summed E-state index contributed by atoms with van der Waals surface area (Å²) in [5, 5.41) is 4.76. The Bertz CT molecular complexity index is 1010. The number of aromatic nitrogens is 2. The molecule has 0 unspecified atom stereocenters. The van der Waals surface area contributed by atoms with Crippen molar-refractivity contribution in [1.82, 2.24) is 9.38 Å². The fourth-order valence-corrected chi connectivity index (χ4v) is 3.16. The number of carbonyl (C=O) groups excluding carboxylic acids is 1. The summed E-state index contributed by atoms with van der Waals surface area (Å²) in [6.07, 6.45) is 3.89. The zero-order valence-electron chi connectivity index (χ0n) is 12.4. The van der Waals surface area contributed by atoms with Gasteiger partial charge in [0.25, 0.3) is 5.91 Å². The zero-order chi connectivity index (χ0) is 16.5. The normalized spacial score (nSPS) is 10.9. The summed E-state index contributed by atoms with van der Waals surface area (Å²) in [7, 11) is 0. The van der Waals surface area contributed by atoms with Crippen LogP contribution in [0.2, 0.25) is 0 Å². The predicted octanol–water partition coefficient (Wildman–Crippen LogP) is 4.45. The molecule has 0 spiro atoms. The maximum Gasteiger partial charge on any atom is 0.255 e. The van der Waals surface area contributed by atoms with Crippen molar-refractivity contribution in [1.29, 1.82) is 0 Å². The second kappa shape index (κ2) is 5.90. The highest BCUT2D eigenvalue weighted by molar-refractivity contribution is 7.15. The molecule has 2 aromatic carbocycles. The van der Waals surface area contributed by atoms with E-state index in [1.165, 1.54) is 18.2 Å². The number of anilines is 1. The maximum atomic E-state index is 13.2. The first-order valence-electron chi connectivity index (χ1n) is 7.28. The molecule has 0 fully saturated rings. The van der Waals surface area contributed by atoms with Gasteiger partial charge in [0.2, 0.25) is 0 Å². The van der Waals surface area contributed by atoms with Crippen molar-refractivity contribution < 1.29 is 9.18 Å². The zero-order valence-corrected chi connectivity index (χ0v) is 13.3. The molecule has 0 aliphatic carbocycles. The Kier molecular flexibility index (Phi) is 3.59. The molecule has 2 heterocycles. The van der Waals surface area contributed by atoms with Gasteiger partial charge in [-0.3, -0.25) is 9.20 Å². The van der Waals surface area contributed by atoms with E-state index >= 15 is 0 Å². The minimum absolute atomic E-state index is 0.280. The third-order valence-electron chi connectivity index (χ3n) is 3.60. The highest BCUT2D eigenvalue weighted by Gasteiger charge is 2.09. The number of nitrogens with one attached hydrogen (secondary N) is 1. The van der Waals surface area contributed by atoms with Crippen molar-refractivity contribution in [3.63, 3.8) is 0 Å². The van der Waals surface area contributed by atoms with Gasteiger partial charge in [0, 0.05) is 34.6 Å². The molecule has 0 aliphatic heterocycles. The molecule has 0 aliphatic rings. The number of hydrogen-bond acceptors (Lipinski definition) is 3. The lowest BCUT2D eigenvalue weighted by Crippen LogP contribution is -2.12. The topological polar surface area (TPSA) is 46.4 Å². The second-order valence-electron chi connectivity index (χ2n) is 5.26. The molecule has 24 heavy (non-hydrogen) atoms. The third-order valence-corrected chi connectivity index (χ3v) is 4.37. The maximum absolute atomic E-state index is 13.2. The lowest BCUT2D eigenvalue weighted by atomic mass is 10.1. The number of imidazole rings is 1. The lowest BCUT2D eigenvalue weighted by Gasteiger charge is -2.06. The largest absolute Gasteiger partial charge is 0.322 e. The van der Waals surface area contributed by atoms with Gasteiger partial charge in [-0.1, -0.05) is 18.2 Å². The highest BCUT2D eigenvalue weighted by Crippen LogP contribution is 2.24. The molecular formula is C18H12FN3OS. The van der Waals surface area contributed by atoms with Gasteiger partial charge < -0.3 is 5.32 Å². The summed E-state index contributed by atoms with van der Waals surface area (Å²) >= 11 is 1.56. The average molecular weight is 337 g/mol. The fraction of sp³-hybridized carbons (Fsp3) is 0. The highest BCUT2D eigenvalue weighted by atomic mass is 32.1. The Hall–Kier alpha value is -2.99. The number of rotatable bonds is 3. The SMILES string of the molecule is O=C(Nc1cccc(-c2cn3ccsc3n2)c1)c1cccc(F)c1. The Balaban J connectivity index is 1.60. The fourth-order valence-electron chi connectivity index (χ4n) is 2.46. The van der Waals surface area contributed by atoms with Crippen molar-refractivity contribution in [3.05, 3.63) is 77.7 Å². The van der Waals surface area contributed by atoms with E-state index in [1.54, 1.807) is 23.5 Å². The molecular weight excluding hydrogens is 325 g/mol. The Morgan fingerprint density at radius 2 is 2.04 bits per heavy atom. The van der Waals surface area contributed by atoms with Crippen LogP contribution in [-0.4, -0.2) is 15.3 Å². The van der Waals surface area contributed by atoms with E-state index in [4.69, 9.17) is 0 Å². The predicted molar refractivity (Wildman–Crippen MR) is 92.9 cm³/mol. The van der Waals surface area contributed by atoms with E-state index in [2.05, 4.69) is 10.3 Å². The smallest absolute Gasteiger partial charge is 0.255 e. The summed E-state index contributed by atoms with van der Waals surface area (Å²) in [5.41, 5.74) is 2.66. The molecule has 0 saturated carbocycles. The van der Waals surface area contributed by atoms with E-state index in [0.717, 1.165) is 16.2 Å². The van der Waals surface area contributed by atoms with Crippen LogP contribution in [0.4, 0.5) is 10.1 Å². The third kappa shape index (κ3) is 2.79. The first kappa shape index (κ1) is 14.6. The van der Waals surface area contributed by atoms with Crippen LogP contribution in [0.1, 0.15) is 10.4 Å². The van der Waals surface area contributed by atoms with E-state index in [-0.39, 0.29) is 11.5 Å². The van der Waals surface area contributed by atoms with Gasteiger partial charge in [-0.25, -0.2) is 9.37 Å². The number of halogens is 1. The molecule has 0 atom stereocenters. The van der Waals surface area contributed by atoms with Crippen LogP contribution in [0.3, 0.4) is 0 Å². The van der Waals surface area contributed by atoms with Gasteiger partial charge in [0.05, 0.1) is 5.69 Å². The van der Waals surface area contributed by atoms with Crippen LogP contribution in [0.25, 0.3) is 16.2 Å². The second-order valence-corrected chi connectivity index (χ2v) is 6.14. The van der Waals surface area contributed by atoms with Crippen molar-refractivity contribution in [2.75, 3.05) is 5.32 Å². The summed E-state index contributed by atoms with van der Waals surface area (Å²) in [6, 6.07) is 13.0. The Labute approximate surface area is 141 Å². The Morgan fingerprint density at radius 1 is 1.17 bits per heavy atom. The summed E-state index contributed by atoms with van der Waals surface area (Å²) in [6.45, 7) is 0. The number of benzene rings is 2. The molecule has 6 heteroatoms. The van der Waals surface area contributed by atoms with Crippen molar-refractivity contribution in [2.24, 2.45) is 0 Å². The average Bonchev–Trinajstić information content (AvgIpc) is 3.17. The minimum Gasteiger partial charge on any atom is -0.322 e. The van der Waals surface area contributed by atoms with E-state index in [0.29, 0.717) is 5.69 Å². The van der Waals surface area contributed by atoms with E-state index in [9.17, 15) is 9.18 Å². The molecule has 0 radical (unpaired) electrons. The van der Waals surface area contributed by atoms with Gasteiger partial charge in [0.15, 0.2) is 4.96 Å². The van der Waals surface area contributed by atoms with Gasteiger partial charge in [0.1, 0.15) is 5.82 Å². The van der Waals surface area contributed by atoms with Crippen molar-refractivity contribution in [3.8, 4) is 11.3 Å². The van der Waals surface area contributed by atoms with Crippen LogP contribution in [0.15, 0.2) is 66.3 Å². The lowest BCUT2D eigenvalue weighted by molar-refractivity contribution is 0.102. The van der Waals surface area contributed by atoms with Gasteiger partial charge in [-0.2, -0.15) is 0 Å². The van der Waals surface area contributed by atoms with Crippen LogP contribution in [0.5, 0.6) is 0 Å². The molecule has 2 aromatic heterocycles. The number of amides is 1. The van der Waals surface area contributed by atoms with Crippen LogP contribution in [-0.2, 0) is 0 Å². The first-order chi connectivity index (χ1) is 11.7. The van der Waals surface area contributed by atoms with Crippen molar-refractivity contribution in [2.45, 2.75) is 0 Å².